The van der Waals surface area contributed by atoms with Crippen LogP contribution in [-0.2, 0) is 14.3 Å². The van der Waals surface area contributed by atoms with Gasteiger partial charge in [0, 0.05) is 23.8 Å². The molecule has 160 valence electrons. The van der Waals surface area contributed by atoms with Crippen molar-refractivity contribution in [1.29, 1.82) is 0 Å². The van der Waals surface area contributed by atoms with Crippen molar-refractivity contribution in [3.8, 4) is 0 Å². The molecule has 1 aromatic rings. The van der Waals surface area contributed by atoms with Gasteiger partial charge >= 0.3 is 0 Å². The van der Waals surface area contributed by atoms with Crippen LogP contribution in [0.1, 0.15) is 43.5 Å². The van der Waals surface area contributed by atoms with Crippen LogP contribution in [0.25, 0.3) is 0 Å². The summed E-state index contributed by atoms with van der Waals surface area (Å²) < 4.78 is 11.3. The molecule has 0 bridgehead atoms. The molecule has 0 radical (unpaired) electrons. The van der Waals surface area contributed by atoms with Crippen molar-refractivity contribution in [2.24, 2.45) is 11.8 Å². The van der Waals surface area contributed by atoms with Crippen LogP contribution in [0.15, 0.2) is 30.3 Å². The molecule has 7 nitrogen and oxygen atoms in total. The molecule has 2 aliphatic heterocycles. The standard InChI is InChI=1S/C22H30O7/c1-12(13(2)23)22-19(29-22)8-15-11-28-18(21(27)20(15)26)10-16(24)9-17(25)14-6-4-3-5-7-14/h3-7,12-13,15,18-23,26-27H,8-11H2,1-2H3/t12-,13-,15-,18-,19-,20+,21-,22-/m0/s1. The molecular formula is C22H30O7. The molecule has 2 fully saturated rings. The van der Waals surface area contributed by atoms with E-state index in [9.17, 15) is 24.9 Å². The first kappa shape index (κ1) is 22.1. The van der Waals surface area contributed by atoms with Crippen molar-refractivity contribution in [2.45, 2.75) is 69.7 Å². The Morgan fingerprint density at radius 1 is 1.10 bits per heavy atom. The van der Waals surface area contributed by atoms with Gasteiger partial charge in [-0.3, -0.25) is 9.59 Å². The highest BCUT2D eigenvalue weighted by molar-refractivity contribution is 6.08. The Kier molecular flexibility index (Phi) is 7.19. The summed E-state index contributed by atoms with van der Waals surface area (Å²) in [4.78, 5) is 24.4. The van der Waals surface area contributed by atoms with Crippen LogP contribution in [0.2, 0.25) is 0 Å². The van der Waals surface area contributed by atoms with E-state index in [0.29, 0.717) is 12.0 Å². The molecule has 3 rings (SSSR count). The molecule has 2 heterocycles. The minimum Gasteiger partial charge on any atom is -0.393 e. The molecule has 0 aromatic heterocycles. The summed E-state index contributed by atoms with van der Waals surface area (Å²) in [5.41, 5.74) is 0.469. The van der Waals surface area contributed by atoms with Gasteiger partial charge in [0.25, 0.3) is 0 Å². The van der Waals surface area contributed by atoms with Gasteiger partial charge in [0.1, 0.15) is 11.9 Å². The monoisotopic (exact) mass is 406 g/mol. The summed E-state index contributed by atoms with van der Waals surface area (Å²) in [5, 5.41) is 30.5. The maximum atomic E-state index is 12.3. The lowest BCUT2D eigenvalue weighted by atomic mass is 9.85. The first-order valence-electron chi connectivity index (χ1n) is 10.2. The topological polar surface area (TPSA) is 117 Å². The Labute approximate surface area is 170 Å². The van der Waals surface area contributed by atoms with E-state index in [1.165, 1.54) is 0 Å². The van der Waals surface area contributed by atoms with Gasteiger partial charge in [0.15, 0.2) is 5.78 Å². The van der Waals surface area contributed by atoms with E-state index in [1.807, 2.05) is 6.92 Å². The van der Waals surface area contributed by atoms with E-state index in [-0.39, 0.29) is 55.1 Å². The molecule has 2 aliphatic rings. The number of rotatable bonds is 9. The third kappa shape index (κ3) is 5.49. The van der Waals surface area contributed by atoms with Gasteiger partial charge in [-0.15, -0.1) is 0 Å². The van der Waals surface area contributed by atoms with Crippen LogP contribution in [0.4, 0.5) is 0 Å². The van der Waals surface area contributed by atoms with E-state index in [2.05, 4.69) is 0 Å². The second-order valence-electron chi connectivity index (χ2n) is 8.30. The largest absolute Gasteiger partial charge is 0.393 e. The second-order valence-corrected chi connectivity index (χ2v) is 8.30. The maximum Gasteiger partial charge on any atom is 0.170 e. The van der Waals surface area contributed by atoms with Crippen molar-refractivity contribution in [1.82, 2.24) is 0 Å². The van der Waals surface area contributed by atoms with Gasteiger partial charge in [-0.1, -0.05) is 37.3 Å². The van der Waals surface area contributed by atoms with Crippen LogP contribution < -0.4 is 0 Å². The predicted octanol–water partition coefficient (Wildman–Crippen LogP) is 1.13. The van der Waals surface area contributed by atoms with Gasteiger partial charge in [0.2, 0.25) is 0 Å². The lowest BCUT2D eigenvalue weighted by Gasteiger charge is -2.37. The molecule has 0 spiro atoms. The number of aliphatic hydroxyl groups is 3. The van der Waals surface area contributed by atoms with Crippen molar-refractivity contribution in [3.63, 3.8) is 0 Å². The summed E-state index contributed by atoms with van der Waals surface area (Å²) in [5.74, 6) is -0.911. The highest BCUT2D eigenvalue weighted by Gasteiger charge is 2.48. The highest BCUT2D eigenvalue weighted by Crippen LogP contribution is 2.38. The molecule has 1 aromatic carbocycles. The van der Waals surface area contributed by atoms with Crippen LogP contribution in [0.5, 0.6) is 0 Å². The normalized spacial score (nSPS) is 33.7. The Morgan fingerprint density at radius 2 is 1.79 bits per heavy atom. The number of epoxide rings is 1. The Morgan fingerprint density at radius 3 is 2.45 bits per heavy atom. The molecule has 0 amide bonds. The average molecular weight is 406 g/mol. The highest BCUT2D eigenvalue weighted by atomic mass is 16.6. The smallest absolute Gasteiger partial charge is 0.170 e. The number of hydrogen-bond donors (Lipinski definition) is 3. The summed E-state index contributed by atoms with van der Waals surface area (Å²) in [6.07, 6.45) is -3.52. The van der Waals surface area contributed by atoms with E-state index >= 15 is 0 Å². The fourth-order valence-corrected chi connectivity index (χ4v) is 3.91. The zero-order valence-corrected chi connectivity index (χ0v) is 16.8. The van der Waals surface area contributed by atoms with E-state index in [4.69, 9.17) is 9.47 Å². The zero-order chi connectivity index (χ0) is 21.1. The summed E-state index contributed by atoms with van der Waals surface area (Å²) in [7, 11) is 0. The third-order valence-corrected chi connectivity index (χ3v) is 6.06. The van der Waals surface area contributed by atoms with E-state index in [0.717, 1.165) is 0 Å². The number of carbonyl (C=O) groups excluding carboxylic acids is 2. The van der Waals surface area contributed by atoms with Crippen LogP contribution in [0.3, 0.4) is 0 Å². The molecule has 2 saturated heterocycles. The van der Waals surface area contributed by atoms with Crippen molar-refractivity contribution >= 4 is 11.6 Å². The number of Topliss-reactive ketones (excluding diaryl/α,β-unsaturated/α-hetero) is 2. The number of aliphatic hydroxyl groups excluding tert-OH is 3. The van der Waals surface area contributed by atoms with Crippen molar-refractivity contribution in [3.05, 3.63) is 35.9 Å². The van der Waals surface area contributed by atoms with Gasteiger partial charge in [-0.2, -0.15) is 0 Å². The Balaban J connectivity index is 1.46. The summed E-state index contributed by atoms with van der Waals surface area (Å²) in [6.45, 7) is 3.84. The summed E-state index contributed by atoms with van der Waals surface area (Å²) in [6, 6.07) is 8.57. The lowest BCUT2D eigenvalue weighted by Crippen LogP contribution is -2.51. The fraction of sp³-hybridized carbons (Fsp3) is 0.636. The van der Waals surface area contributed by atoms with E-state index in [1.54, 1.807) is 37.3 Å². The number of carbonyl (C=O) groups is 2. The average Bonchev–Trinajstić information content (AvgIpc) is 3.46. The van der Waals surface area contributed by atoms with Crippen molar-refractivity contribution in [2.75, 3.05) is 6.61 Å². The molecule has 0 aliphatic carbocycles. The molecule has 0 unspecified atom stereocenters. The minimum absolute atomic E-state index is 0.000836. The van der Waals surface area contributed by atoms with Gasteiger partial charge in [-0.05, 0) is 13.3 Å². The first-order valence-corrected chi connectivity index (χ1v) is 10.2. The Hall–Kier alpha value is -1.64. The molecular weight excluding hydrogens is 376 g/mol. The zero-order valence-electron chi connectivity index (χ0n) is 16.8. The molecule has 3 N–H and O–H groups in total. The van der Waals surface area contributed by atoms with E-state index < -0.39 is 24.4 Å². The van der Waals surface area contributed by atoms with Crippen LogP contribution in [0, 0.1) is 11.8 Å². The minimum atomic E-state index is -1.20. The molecule has 7 heteroatoms. The number of ketones is 2. The van der Waals surface area contributed by atoms with Crippen LogP contribution in [-0.4, -0.2) is 70.1 Å². The van der Waals surface area contributed by atoms with Gasteiger partial charge < -0.3 is 24.8 Å². The summed E-state index contributed by atoms with van der Waals surface area (Å²) >= 11 is 0. The molecule has 29 heavy (non-hydrogen) atoms. The van der Waals surface area contributed by atoms with Gasteiger partial charge in [0.05, 0.1) is 43.5 Å². The lowest BCUT2D eigenvalue weighted by molar-refractivity contribution is -0.170. The second kappa shape index (κ2) is 9.45. The Bertz CT molecular complexity index is 704. The number of ether oxygens (including phenoxy) is 2. The third-order valence-electron chi connectivity index (χ3n) is 6.06. The van der Waals surface area contributed by atoms with Crippen molar-refractivity contribution < 1.29 is 34.4 Å². The fourth-order valence-electron chi connectivity index (χ4n) is 3.91. The maximum absolute atomic E-state index is 12.3. The van der Waals surface area contributed by atoms with Crippen LogP contribution >= 0.6 is 0 Å². The number of benzene rings is 1. The first-order chi connectivity index (χ1) is 13.8. The number of hydrogen-bond acceptors (Lipinski definition) is 7. The molecule has 0 saturated carbocycles. The van der Waals surface area contributed by atoms with Gasteiger partial charge in [-0.25, -0.2) is 0 Å². The quantitative estimate of drug-likeness (QED) is 0.320. The predicted molar refractivity (Wildman–Crippen MR) is 104 cm³/mol. The molecule has 8 atom stereocenters. The SMILES string of the molecule is C[C@H]([C@@H]1O[C@H]1C[C@H]1CO[C@@H](CC(=O)CC(=O)c2ccccc2)[C@H](O)[C@@H]1O)[C@H](C)O.